The summed E-state index contributed by atoms with van der Waals surface area (Å²) in [5, 5.41) is 5.11. The summed E-state index contributed by atoms with van der Waals surface area (Å²) in [6.45, 7) is 5.20. The first kappa shape index (κ1) is 22.1. The van der Waals surface area contributed by atoms with E-state index in [1.807, 2.05) is 70.9 Å². The normalized spacial score (nSPS) is 17.9. The van der Waals surface area contributed by atoms with Crippen LogP contribution in [0.25, 0.3) is 0 Å². The third kappa shape index (κ3) is 4.41. The van der Waals surface area contributed by atoms with Gasteiger partial charge in [0.2, 0.25) is 5.91 Å². The molecule has 1 aliphatic rings. The van der Waals surface area contributed by atoms with Crippen molar-refractivity contribution in [3.8, 4) is 5.75 Å². The van der Waals surface area contributed by atoms with E-state index in [0.717, 1.165) is 21.8 Å². The molecule has 1 aromatic heterocycles. The lowest BCUT2D eigenvalue weighted by atomic mass is 9.81. The Morgan fingerprint density at radius 3 is 2.50 bits per heavy atom. The molecule has 3 aromatic rings. The number of hydrogen-bond donors (Lipinski definition) is 1. The van der Waals surface area contributed by atoms with Gasteiger partial charge < -0.3 is 15.0 Å². The Bertz CT molecular complexity index is 1080. The highest BCUT2D eigenvalue weighted by Gasteiger charge is 2.44. The van der Waals surface area contributed by atoms with E-state index < -0.39 is 5.92 Å². The Morgan fingerprint density at radius 1 is 1.09 bits per heavy atom. The number of ether oxygens (including phenoxy) is 1. The molecule has 0 aliphatic carbocycles. The van der Waals surface area contributed by atoms with Crippen LogP contribution in [-0.4, -0.2) is 30.4 Å². The average Bonchev–Trinajstić information content (AvgIpc) is 3.33. The third-order valence-corrected chi connectivity index (χ3v) is 6.69. The molecule has 2 atom stereocenters. The molecule has 166 valence electrons. The van der Waals surface area contributed by atoms with Gasteiger partial charge in [-0.2, -0.15) is 0 Å². The summed E-state index contributed by atoms with van der Waals surface area (Å²) in [7, 11) is 1.63. The van der Waals surface area contributed by atoms with E-state index in [9.17, 15) is 9.59 Å². The molecule has 0 bridgehead atoms. The van der Waals surface area contributed by atoms with Crippen LogP contribution in [-0.2, 0) is 11.3 Å². The SMILES string of the molecule is COc1ccc(CNC(=O)[C@@H]2c3ccccc3C(=O)N(CC(C)C)[C@H]2c2cccs2)cc1. The minimum Gasteiger partial charge on any atom is -0.497 e. The van der Waals surface area contributed by atoms with E-state index in [4.69, 9.17) is 4.74 Å². The molecule has 0 fully saturated rings. The van der Waals surface area contributed by atoms with Gasteiger partial charge in [-0.25, -0.2) is 0 Å². The maximum absolute atomic E-state index is 13.6. The van der Waals surface area contributed by atoms with Crippen molar-refractivity contribution in [2.45, 2.75) is 32.4 Å². The molecule has 2 heterocycles. The molecule has 32 heavy (non-hydrogen) atoms. The van der Waals surface area contributed by atoms with Gasteiger partial charge in [-0.3, -0.25) is 9.59 Å². The van der Waals surface area contributed by atoms with Gasteiger partial charge in [0, 0.05) is 23.5 Å². The van der Waals surface area contributed by atoms with Crippen LogP contribution in [0.1, 0.15) is 52.2 Å². The van der Waals surface area contributed by atoms with E-state index >= 15 is 0 Å². The molecular weight excluding hydrogens is 420 g/mol. The van der Waals surface area contributed by atoms with E-state index in [1.165, 1.54) is 0 Å². The molecule has 5 nitrogen and oxygen atoms in total. The van der Waals surface area contributed by atoms with Gasteiger partial charge in [0.05, 0.1) is 19.1 Å². The molecule has 6 heteroatoms. The number of hydrogen-bond acceptors (Lipinski definition) is 4. The molecular formula is C26H28N2O3S. The molecule has 1 aliphatic heterocycles. The second-order valence-electron chi connectivity index (χ2n) is 8.44. The molecule has 0 radical (unpaired) electrons. The zero-order valence-corrected chi connectivity index (χ0v) is 19.4. The third-order valence-electron chi connectivity index (χ3n) is 5.74. The fourth-order valence-corrected chi connectivity index (χ4v) is 5.16. The van der Waals surface area contributed by atoms with Crippen LogP contribution >= 0.6 is 11.3 Å². The number of benzene rings is 2. The van der Waals surface area contributed by atoms with Crippen LogP contribution in [0.2, 0.25) is 0 Å². The van der Waals surface area contributed by atoms with Crippen LogP contribution in [0.5, 0.6) is 5.75 Å². The summed E-state index contributed by atoms with van der Waals surface area (Å²) in [6, 6.07) is 18.8. The minimum atomic E-state index is -0.473. The average molecular weight is 449 g/mol. The van der Waals surface area contributed by atoms with Crippen molar-refractivity contribution < 1.29 is 14.3 Å². The quantitative estimate of drug-likeness (QED) is 0.553. The highest BCUT2D eigenvalue weighted by molar-refractivity contribution is 7.10. The topological polar surface area (TPSA) is 58.6 Å². The molecule has 0 unspecified atom stereocenters. The summed E-state index contributed by atoms with van der Waals surface area (Å²) in [4.78, 5) is 30.0. The first-order valence-electron chi connectivity index (χ1n) is 10.8. The standard InChI is InChI=1S/C26H28N2O3S/c1-17(2)16-28-24(22-9-6-14-32-22)23(20-7-4-5-8-21(20)26(28)30)25(29)27-15-18-10-12-19(31-3)13-11-18/h4-14,17,23-24H,15-16H2,1-3H3,(H,27,29)/t23-,24+/m1/s1. The summed E-state index contributed by atoms with van der Waals surface area (Å²) in [5.74, 6) is 0.510. The van der Waals surface area contributed by atoms with Gasteiger partial charge in [0.1, 0.15) is 5.75 Å². The van der Waals surface area contributed by atoms with Crippen molar-refractivity contribution in [2.75, 3.05) is 13.7 Å². The maximum atomic E-state index is 13.6. The van der Waals surface area contributed by atoms with Crippen molar-refractivity contribution in [2.24, 2.45) is 5.92 Å². The second-order valence-corrected chi connectivity index (χ2v) is 9.42. The van der Waals surface area contributed by atoms with Crippen LogP contribution < -0.4 is 10.1 Å². The number of nitrogens with zero attached hydrogens (tertiary/aromatic N) is 1. The summed E-state index contributed by atoms with van der Waals surface area (Å²) < 4.78 is 5.21. The molecule has 1 N–H and O–H groups in total. The number of fused-ring (bicyclic) bond motifs is 1. The van der Waals surface area contributed by atoms with E-state index in [0.29, 0.717) is 18.7 Å². The molecule has 0 saturated heterocycles. The number of carbonyl (C=O) groups excluding carboxylic acids is 2. The van der Waals surface area contributed by atoms with Gasteiger partial charge in [0.15, 0.2) is 0 Å². The largest absolute Gasteiger partial charge is 0.497 e. The Balaban J connectivity index is 1.69. The second kappa shape index (κ2) is 9.57. The number of thiophene rings is 1. The first-order chi connectivity index (χ1) is 15.5. The Hall–Kier alpha value is -3.12. The lowest BCUT2D eigenvalue weighted by molar-refractivity contribution is -0.124. The molecule has 0 spiro atoms. The van der Waals surface area contributed by atoms with E-state index in [1.54, 1.807) is 18.4 Å². The predicted octanol–water partition coefficient (Wildman–Crippen LogP) is 5.01. The van der Waals surface area contributed by atoms with Crippen molar-refractivity contribution >= 4 is 23.2 Å². The van der Waals surface area contributed by atoms with Gasteiger partial charge in [0.25, 0.3) is 5.91 Å². The van der Waals surface area contributed by atoms with Gasteiger partial charge >= 0.3 is 0 Å². The number of rotatable bonds is 7. The van der Waals surface area contributed by atoms with Crippen LogP contribution in [0.3, 0.4) is 0 Å². The predicted molar refractivity (Wildman–Crippen MR) is 127 cm³/mol. The van der Waals surface area contributed by atoms with Gasteiger partial charge in [-0.05, 0) is 46.7 Å². The zero-order chi connectivity index (χ0) is 22.7. The minimum absolute atomic E-state index is 0.00750. The summed E-state index contributed by atoms with van der Waals surface area (Å²) >= 11 is 1.59. The summed E-state index contributed by atoms with van der Waals surface area (Å²) in [6.07, 6.45) is 0. The lowest BCUT2D eigenvalue weighted by Crippen LogP contribution is -2.48. The van der Waals surface area contributed by atoms with E-state index in [-0.39, 0.29) is 23.8 Å². The number of methoxy groups -OCH3 is 1. The van der Waals surface area contributed by atoms with Gasteiger partial charge in [-0.15, -0.1) is 11.3 Å². The Kier molecular flexibility index (Phi) is 6.61. The lowest BCUT2D eigenvalue weighted by Gasteiger charge is -2.42. The molecule has 2 aromatic carbocycles. The fraction of sp³-hybridized carbons (Fsp3) is 0.308. The van der Waals surface area contributed by atoms with Crippen molar-refractivity contribution in [1.82, 2.24) is 10.2 Å². The van der Waals surface area contributed by atoms with E-state index in [2.05, 4.69) is 19.2 Å². The van der Waals surface area contributed by atoms with Crippen LogP contribution in [0.4, 0.5) is 0 Å². The van der Waals surface area contributed by atoms with Crippen molar-refractivity contribution in [1.29, 1.82) is 0 Å². The summed E-state index contributed by atoms with van der Waals surface area (Å²) in [5.41, 5.74) is 2.40. The number of amides is 2. The zero-order valence-electron chi connectivity index (χ0n) is 18.6. The molecule has 4 rings (SSSR count). The molecule has 2 amide bonds. The molecule has 0 saturated carbocycles. The Labute approximate surface area is 193 Å². The smallest absolute Gasteiger partial charge is 0.254 e. The van der Waals surface area contributed by atoms with Gasteiger partial charge in [-0.1, -0.05) is 50.2 Å². The van der Waals surface area contributed by atoms with Crippen molar-refractivity contribution in [3.63, 3.8) is 0 Å². The van der Waals surface area contributed by atoms with Crippen LogP contribution in [0, 0.1) is 5.92 Å². The fourth-order valence-electron chi connectivity index (χ4n) is 4.29. The van der Waals surface area contributed by atoms with Crippen molar-refractivity contribution in [3.05, 3.63) is 87.6 Å². The monoisotopic (exact) mass is 448 g/mol. The number of nitrogens with one attached hydrogen (secondary N) is 1. The first-order valence-corrected chi connectivity index (χ1v) is 11.7. The highest BCUT2D eigenvalue weighted by Crippen LogP contribution is 2.44. The number of carbonyl (C=O) groups is 2. The maximum Gasteiger partial charge on any atom is 0.254 e. The van der Waals surface area contributed by atoms with Crippen LogP contribution in [0.15, 0.2) is 66.0 Å². The Morgan fingerprint density at radius 2 is 1.84 bits per heavy atom. The highest BCUT2D eigenvalue weighted by atomic mass is 32.1.